The molecule has 0 amide bonds. The first-order valence-corrected chi connectivity index (χ1v) is 8.08. The van der Waals surface area contributed by atoms with Crippen molar-refractivity contribution in [3.63, 3.8) is 0 Å². The molecule has 0 radical (unpaired) electrons. The van der Waals surface area contributed by atoms with Gasteiger partial charge in [0.05, 0.1) is 13.2 Å². The normalized spacial score (nSPS) is 14.8. The van der Waals surface area contributed by atoms with Crippen LogP contribution in [0.3, 0.4) is 0 Å². The van der Waals surface area contributed by atoms with E-state index in [1.165, 1.54) is 13.8 Å². The molecular formula is C13H17F6IO5. The maximum Gasteiger partial charge on any atom is 0.437 e. The molecule has 0 spiro atoms. The largest absolute Gasteiger partial charge is 0.464 e. The molecule has 0 aromatic rings. The van der Waals surface area contributed by atoms with Gasteiger partial charge in [-0.2, -0.15) is 26.3 Å². The van der Waals surface area contributed by atoms with Crippen LogP contribution in [0.2, 0.25) is 0 Å². The first kappa shape index (κ1) is 24.2. The summed E-state index contributed by atoms with van der Waals surface area (Å²) in [5.41, 5.74) is -6.91. The monoisotopic (exact) mass is 494 g/mol. The van der Waals surface area contributed by atoms with Gasteiger partial charge in [0, 0.05) is 5.41 Å². The molecule has 5 nitrogen and oxygen atoms in total. The molecule has 0 aromatic carbocycles. The molecule has 0 aliphatic heterocycles. The number of alkyl halides is 7. The van der Waals surface area contributed by atoms with Gasteiger partial charge in [0.25, 0.3) is 0 Å². The Kier molecular flexibility index (Phi) is 8.01. The first-order valence-electron chi connectivity index (χ1n) is 6.83. The highest BCUT2D eigenvalue weighted by molar-refractivity contribution is 14.1. The number of hydrogen-bond acceptors (Lipinski definition) is 5. The topological polar surface area (TPSA) is 72.8 Å². The van der Waals surface area contributed by atoms with E-state index in [2.05, 4.69) is 4.74 Å². The van der Waals surface area contributed by atoms with E-state index in [9.17, 15) is 35.9 Å². The van der Waals surface area contributed by atoms with Gasteiger partial charge in [0.15, 0.2) is 0 Å². The van der Waals surface area contributed by atoms with Gasteiger partial charge in [-0.3, -0.25) is 4.79 Å². The second-order valence-electron chi connectivity index (χ2n) is 5.93. The molecule has 0 saturated carbocycles. The van der Waals surface area contributed by atoms with Crippen molar-refractivity contribution in [3.8, 4) is 0 Å². The third kappa shape index (κ3) is 6.15. The summed E-state index contributed by atoms with van der Waals surface area (Å²) in [5, 5.41) is 8.86. The second-order valence-corrected chi connectivity index (χ2v) is 7.43. The van der Waals surface area contributed by atoms with Crippen LogP contribution in [0.5, 0.6) is 0 Å². The minimum atomic E-state index is -6.31. The van der Waals surface area contributed by atoms with Crippen LogP contribution in [-0.2, 0) is 19.1 Å². The number of rotatable bonds is 7. The van der Waals surface area contributed by atoms with Crippen LogP contribution in [0.1, 0.15) is 27.2 Å². The van der Waals surface area contributed by atoms with Crippen LogP contribution >= 0.6 is 22.6 Å². The second kappa shape index (κ2) is 8.27. The number of carbonyl (C=O) groups excluding carboxylic acids is 2. The molecule has 148 valence electrons. The Balaban J connectivity index is 4.98. The van der Waals surface area contributed by atoms with E-state index < -0.39 is 52.4 Å². The summed E-state index contributed by atoms with van der Waals surface area (Å²) < 4.78 is 83.5. The van der Waals surface area contributed by atoms with Gasteiger partial charge >= 0.3 is 29.9 Å². The quantitative estimate of drug-likeness (QED) is 0.255. The van der Waals surface area contributed by atoms with Crippen molar-refractivity contribution < 1.29 is 50.5 Å². The Hall–Kier alpha value is -0.790. The number of carbonyl (C=O) groups is 2. The highest BCUT2D eigenvalue weighted by Crippen LogP contribution is 2.44. The Morgan fingerprint density at radius 2 is 1.40 bits per heavy atom. The van der Waals surface area contributed by atoms with Gasteiger partial charge in [-0.05, 0) is 6.42 Å². The minimum absolute atomic E-state index is 0.408. The van der Waals surface area contributed by atoms with Crippen molar-refractivity contribution in [3.05, 3.63) is 0 Å². The lowest BCUT2D eigenvalue weighted by atomic mass is 9.96. The number of ether oxygens (including phenoxy) is 2. The van der Waals surface area contributed by atoms with Crippen LogP contribution in [0, 0.1) is 5.41 Å². The highest BCUT2D eigenvalue weighted by Gasteiger charge is 2.76. The van der Waals surface area contributed by atoms with Crippen LogP contribution in [-0.4, -0.2) is 52.1 Å². The van der Waals surface area contributed by atoms with Gasteiger partial charge in [-0.25, -0.2) is 4.79 Å². The summed E-state index contributed by atoms with van der Waals surface area (Å²) in [6, 6.07) is 0. The Morgan fingerprint density at radius 1 is 1.00 bits per heavy atom. The summed E-state index contributed by atoms with van der Waals surface area (Å²) in [6.45, 7) is 2.95. The van der Waals surface area contributed by atoms with Gasteiger partial charge in [-0.1, -0.05) is 43.4 Å². The zero-order chi connectivity index (χ0) is 20.3. The van der Waals surface area contributed by atoms with E-state index in [0.29, 0.717) is 6.42 Å². The molecule has 0 saturated heterocycles. The van der Waals surface area contributed by atoms with Crippen molar-refractivity contribution in [2.75, 3.05) is 13.2 Å². The fourth-order valence-corrected chi connectivity index (χ4v) is 1.50. The maximum absolute atomic E-state index is 12.5. The lowest BCUT2D eigenvalue weighted by molar-refractivity contribution is -0.357. The summed E-state index contributed by atoms with van der Waals surface area (Å²) in [6.07, 6.45) is -12.2. The zero-order valence-corrected chi connectivity index (χ0v) is 15.6. The molecule has 0 aliphatic rings. The van der Waals surface area contributed by atoms with Crippen molar-refractivity contribution in [1.82, 2.24) is 0 Å². The molecule has 0 rings (SSSR count). The van der Waals surface area contributed by atoms with Gasteiger partial charge in [-0.15, -0.1) is 0 Å². The molecule has 25 heavy (non-hydrogen) atoms. The third-order valence-corrected chi connectivity index (χ3v) is 4.32. The number of esters is 2. The summed E-state index contributed by atoms with van der Waals surface area (Å²) >= 11 is 1.80. The molecule has 0 aromatic heterocycles. The van der Waals surface area contributed by atoms with Gasteiger partial charge in [0.2, 0.25) is 0 Å². The lowest BCUT2D eigenvalue weighted by Crippen LogP contribution is -2.63. The van der Waals surface area contributed by atoms with Gasteiger partial charge < -0.3 is 14.6 Å². The highest BCUT2D eigenvalue weighted by atomic mass is 127. The average molecular weight is 494 g/mol. The Morgan fingerprint density at radius 3 is 1.76 bits per heavy atom. The smallest absolute Gasteiger partial charge is 0.437 e. The SMILES string of the molecule is CCC(I)C(=O)OCC(C)(C)COC(=O)C(O)(C(F)(F)F)C(F)(F)F. The number of aliphatic hydroxyl groups is 1. The predicted molar refractivity (Wildman–Crippen MR) is 80.9 cm³/mol. The fourth-order valence-electron chi connectivity index (χ4n) is 1.32. The number of halogens is 7. The van der Waals surface area contributed by atoms with Crippen molar-refractivity contribution in [1.29, 1.82) is 0 Å². The fraction of sp³-hybridized carbons (Fsp3) is 0.846. The zero-order valence-electron chi connectivity index (χ0n) is 13.4. The van der Waals surface area contributed by atoms with E-state index >= 15 is 0 Å². The van der Waals surface area contributed by atoms with Crippen LogP contribution in [0.25, 0.3) is 0 Å². The molecule has 0 heterocycles. The van der Waals surface area contributed by atoms with E-state index in [1.807, 2.05) is 0 Å². The molecule has 0 bridgehead atoms. The summed E-state index contributed by atoms with van der Waals surface area (Å²) in [7, 11) is 0. The molecule has 12 heteroatoms. The molecule has 0 aliphatic carbocycles. The lowest BCUT2D eigenvalue weighted by Gasteiger charge is -2.31. The molecule has 0 fully saturated rings. The minimum Gasteiger partial charge on any atom is -0.464 e. The number of hydrogen-bond donors (Lipinski definition) is 1. The van der Waals surface area contributed by atoms with Crippen molar-refractivity contribution in [2.45, 2.75) is 49.1 Å². The van der Waals surface area contributed by atoms with E-state index in [-0.39, 0.29) is 0 Å². The van der Waals surface area contributed by atoms with E-state index in [0.717, 1.165) is 0 Å². The average Bonchev–Trinajstić information content (AvgIpc) is 2.46. The summed E-state index contributed by atoms with van der Waals surface area (Å²) in [5.74, 6) is -3.52. The molecule has 1 atom stereocenters. The van der Waals surface area contributed by atoms with E-state index in [4.69, 9.17) is 9.84 Å². The van der Waals surface area contributed by atoms with Crippen LogP contribution in [0.15, 0.2) is 0 Å². The summed E-state index contributed by atoms with van der Waals surface area (Å²) in [4.78, 5) is 22.8. The maximum atomic E-state index is 12.5. The standard InChI is InChI=1S/C13H17F6IO5/c1-4-7(20)8(21)24-5-10(2,3)6-25-9(22)11(23,12(14,15)16)13(17,18)19/h7,23H,4-6H2,1-3H3. The Bertz CT molecular complexity index is 474. The molecule has 1 unspecified atom stereocenters. The molecular weight excluding hydrogens is 477 g/mol. The van der Waals surface area contributed by atoms with Crippen molar-refractivity contribution in [2.24, 2.45) is 5.41 Å². The Labute approximate surface area is 153 Å². The van der Waals surface area contributed by atoms with Crippen LogP contribution < -0.4 is 0 Å². The predicted octanol–water partition coefficient (Wildman–Crippen LogP) is 3.17. The van der Waals surface area contributed by atoms with Crippen molar-refractivity contribution >= 4 is 34.5 Å². The molecule has 1 N–H and O–H groups in total. The third-order valence-electron chi connectivity index (χ3n) is 2.93. The van der Waals surface area contributed by atoms with Gasteiger partial charge in [0.1, 0.15) is 3.92 Å². The van der Waals surface area contributed by atoms with E-state index in [1.54, 1.807) is 29.5 Å². The first-order chi connectivity index (χ1) is 11.0. The van der Waals surface area contributed by atoms with Crippen LogP contribution in [0.4, 0.5) is 26.3 Å².